The zero-order valence-corrected chi connectivity index (χ0v) is 10.2. The molecule has 0 spiro atoms. The van der Waals surface area contributed by atoms with Crippen LogP contribution >= 0.6 is 0 Å². The molecule has 0 aliphatic rings. The van der Waals surface area contributed by atoms with Gasteiger partial charge in [-0.1, -0.05) is 29.3 Å². The van der Waals surface area contributed by atoms with E-state index in [1.165, 1.54) is 6.92 Å². The molecular formula is C13H17F3O. The average Bonchev–Trinajstić information content (AvgIpc) is 2.12. The molecule has 0 amide bonds. The number of aryl methyl sites for hydroxylation is 2. The van der Waals surface area contributed by atoms with E-state index in [2.05, 4.69) is 0 Å². The van der Waals surface area contributed by atoms with Crippen LogP contribution < -0.4 is 0 Å². The van der Waals surface area contributed by atoms with Gasteiger partial charge in [0.1, 0.15) is 0 Å². The minimum absolute atomic E-state index is 0.320. The standard InChI is InChI=1S/C13H17F3O/c1-9-6-10(2)8-11(7-9)12(3,17)4-5-13(14,15)16/h6-8,17H,4-5H2,1-3H3. The molecule has 0 radical (unpaired) electrons. The summed E-state index contributed by atoms with van der Waals surface area (Å²) in [6, 6.07) is 5.37. The maximum absolute atomic E-state index is 12.1. The van der Waals surface area contributed by atoms with Crippen LogP contribution in [0.25, 0.3) is 0 Å². The number of benzene rings is 1. The normalized spacial score (nSPS) is 15.7. The third-order valence-corrected chi connectivity index (χ3v) is 2.74. The molecule has 1 N–H and O–H groups in total. The number of halogens is 3. The average molecular weight is 246 g/mol. The third kappa shape index (κ3) is 4.38. The molecule has 1 aromatic rings. The first-order chi connectivity index (χ1) is 7.60. The summed E-state index contributed by atoms with van der Waals surface area (Å²) in [6.07, 6.45) is -5.53. The Balaban J connectivity index is 2.88. The molecule has 1 atom stereocenters. The summed E-state index contributed by atoms with van der Waals surface area (Å²) < 4.78 is 36.4. The molecule has 1 rings (SSSR count). The Hall–Kier alpha value is -1.03. The molecule has 96 valence electrons. The predicted molar refractivity (Wildman–Crippen MR) is 60.8 cm³/mol. The molecule has 17 heavy (non-hydrogen) atoms. The highest BCUT2D eigenvalue weighted by molar-refractivity contribution is 5.32. The van der Waals surface area contributed by atoms with Gasteiger partial charge < -0.3 is 5.11 Å². The highest BCUT2D eigenvalue weighted by Gasteiger charge is 2.33. The summed E-state index contributed by atoms with van der Waals surface area (Å²) in [5.74, 6) is 0. The van der Waals surface area contributed by atoms with E-state index in [0.717, 1.165) is 11.1 Å². The van der Waals surface area contributed by atoms with Crippen molar-refractivity contribution in [2.45, 2.75) is 45.4 Å². The number of hydrogen-bond donors (Lipinski definition) is 1. The second-order valence-corrected chi connectivity index (χ2v) is 4.77. The van der Waals surface area contributed by atoms with E-state index >= 15 is 0 Å². The molecule has 0 aliphatic heterocycles. The first-order valence-corrected chi connectivity index (χ1v) is 5.48. The minimum Gasteiger partial charge on any atom is -0.385 e. The molecule has 1 unspecified atom stereocenters. The van der Waals surface area contributed by atoms with E-state index < -0.39 is 18.2 Å². The lowest BCUT2D eigenvalue weighted by Crippen LogP contribution is -2.24. The number of alkyl halides is 3. The summed E-state index contributed by atoms with van der Waals surface area (Å²) >= 11 is 0. The van der Waals surface area contributed by atoms with Gasteiger partial charge in [0.05, 0.1) is 5.60 Å². The van der Waals surface area contributed by atoms with Gasteiger partial charge in [-0.3, -0.25) is 0 Å². The largest absolute Gasteiger partial charge is 0.389 e. The van der Waals surface area contributed by atoms with Crippen molar-refractivity contribution in [3.63, 3.8) is 0 Å². The van der Waals surface area contributed by atoms with E-state index in [9.17, 15) is 18.3 Å². The van der Waals surface area contributed by atoms with Crippen LogP contribution in [0.15, 0.2) is 18.2 Å². The Bertz CT molecular complexity index is 374. The summed E-state index contributed by atoms with van der Waals surface area (Å²) in [6.45, 7) is 5.14. The lowest BCUT2D eigenvalue weighted by molar-refractivity contribution is -0.146. The van der Waals surface area contributed by atoms with E-state index in [4.69, 9.17) is 0 Å². The summed E-state index contributed by atoms with van der Waals surface area (Å²) in [5.41, 5.74) is 0.977. The third-order valence-electron chi connectivity index (χ3n) is 2.74. The van der Waals surface area contributed by atoms with Gasteiger partial charge in [-0.25, -0.2) is 0 Å². The van der Waals surface area contributed by atoms with Crippen molar-refractivity contribution in [2.75, 3.05) is 0 Å². The van der Waals surface area contributed by atoms with E-state index in [0.29, 0.717) is 5.56 Å². The van der Waals surface area contributed by atoms with Gasteiger partial charge >= 0.3 is 6.18 Å². The fourth-order valence-corrected chi connectivity index (χ4v) is 1.82. The van der Waals surface area contributed by atoms with Crippen LogP contribution in [-0.4, -0.2) is 11.3 Å². The van der Waals surface area contributed by atoms with Crippen LogP contribution in [0, 0.1) is 13.8 Å². The molecule has 0 aliphatic carbocycles. The van der Waals surface area contributed by atoms with Gasteiger partial charge in [0.25, 0.3) is 0 Å². The summed E-state index contributed by atoms with van der Waals surface area (Å²) in [7, 11) is 0. The number of aliphatic hydroxyl groups is 1. The van der Waals surface area contributed by atoms with Gasteiger partial charge in [0, 0.05) is 6.42 Å². The Kier molecular flexibility index (Phi) is 3.87. The summed E-state index contributed by atoms with van der Waals surface area (Å²) in [5, 5.41) is 10.1. The first kappa shape index (κ1) is 14.0. The van der Waals surface area contributed by atoms with Crippen LogP contribution in [0.4, 0.5) is 13.2 Å². The van der Waals surface area contributed by atoms with Gasteiger partial charge in [-0.15, -0.1) is 0 Å². The molecular weight excluding hydrogens is 229 g/mol. The highest BCUT2D eigenvalue weighted by Crippen LogP contribution is 2.32. The van der Waals surface area contributed by atoms with Crippen molar-refractivity contribution in [2.24, 2.45) is 0 Å². The van der Waals surface area contributed by atoms with Gasteiger partial charge in [0.15, 0.2) is 0 Å². The van der Waals surface area contributed by atoms with Crippen LogP contribution in [0.2, 0.25) is 0 Å². The van der Waals surface area contributed by atoms with Gasteiger partial charge in [0.2, 0.25) is 0 Å². The Morgan fingerprint density at radius 1 is 1.00 bits per heavy atom. The molecule has 4 heteroatoms. The Morgan fingerprint density at radius 3 is 1.88 bits per heavy atom. The zero-order chi connectivity index (χ0) is 13.3. The quantitative estimate of drug-likeness (QED) is 0.858. The summed E-state index contributed by atoms with van der Waals surface area (Å²) in [4.78, 5) is 0. The lowest BCUT2D eigenvalue weighted by atomic mass is 9.89. The molecule has 0 bridgehead atoms. The lowest BCUT2D eigenvalue weighted by Gasteiger charge is -2.25. The molecule has 0 saturated carbocycles. The van der Waals surface area contributed by atoms with Crippen LogP contribution in [0.1, 0.15) is 36.5 Å². The maximum atomic E-state index is 12.1. The molecule has 0 saturated heterocycles. The van der Waals surface area contributed by atoms with Crippen molar-refractivity contribution in [3.05, 3.63) is 34.9 Å². The van der Waals surface area contributed by atoms with Gasteiger partial charge in [-0.05, 0) is 32.8 Å². The number of rotatable bonds is 3. The van der Waals surface area contributed by atoms with Crippen LogP contribution in [0.3, 0.4) is 0 Å². The van der Waals surface area contributed by atoms with Crippen molar-refractivity contribution in [3.8, 4) is 0 Å². The topological polar surface area (TPSA) is 20.2 Å². The smallest absolute Gasteiger partial charge is 0.385 e. The fraction of sp³-hybridized carbons (Fsp3) is 0.538. The molecule has 0 fully saturated rings. The predicted octanol–water partition coefficient (Wildman–Crippen LogP) is 3.85. The van der Waals surface area contributed by atoms with Crippen molar-refractivity contribution in [1.29, 1.82) is 0 Å². The van der Waals surface area contributed by atoms with Crippen LogP contribution in [0.5, 0.6) is 0 Å². The SMILES string of the molecule is Cc1cc(C)cc(C(C)(O)CCC(F)(F)F)c1. The van der Waals surface area contributed by atoms with Crippen molar-refractivity contribution < 1.29 is 18.3 Å². The second-order valence-electron chi connectivity index (χ2n) is 4.77. The first-order valence-electron chi connectivity index (χ1n) is 5.48. The maximum Gasteiger partial charge on any atom is 0.389 e. The Labute approximate surface area is 99.3 Å². The number of hydrogen-bond acceptors (Lipinski definition) is 1. The molecule has 1 aromatic carbocycles. The van der Waals surface area contributed by atoms with Crippen molar-refractivity contribution >= 4 is 0 Å². The van der Waals surface area contributed by atoms with E-state index in [1.54, 1.807) is 12.1 Å². The molecule has 0 aromatic heterocycles. The molecule has 1 nitrogen and oxygen atoms in total. The van der Waals surface area contributed by atoms with E-state index in [1.807, 2.05) is 19.9 Å². The van der Waals surface area contributed by atoms with Crippen molar-refractivity contribution in [1.82, 2.24) is 0 Å². The van der Waals surface area contributed by atoms with Gasteiger partial charge in [-0.2, -0.15) is 13.2 Å². The Morgan fingerprint density at radius 2 is 1.47 bits per heavy atom. The van der Waals surface area contributed by atoms with Crippen LogP contribution in [-0.2, 0) is 5.60 Å². The zero-order valence-electron chi connectivity index (χ0n) is 10.2. The molecule has 0 heterocycles. The highest BCUT2D eigenvalue weighted by atomic mass is 19.4. The monoisotopic (exact) mass is 246 g/mol. The second kappa shape index (κ2) is 4.69. The van der Waals surface area contributed by atoms with E-state index in [-0.39, 0.29) is 6.42 Å². The fourth-order valence-electron chi connectivity index (χ4n) is 1.82. The minimum atomic E-state index is -4.23.